The number of amides is 2. The molecule has 8 nitrogen and oxygen atoms in total. The van der Waals surface area contributed by atoms with Crippen LogP contribution in [-0.4, -0.2) is 56.6 Å². The molecule has 1 aliphatic carbocycles. The Morgan fingerprint density at radius 1 is 0.957 bits per heavy atom. The number of thioether (sulfide) groups is 1. The van der Waals surface area contributed by atoms with E-state index in [4.69, 9.17) is 27.9 Å². The van der Waals surface area contributed by atoms with Gasteiger partial charge < -0.3 is 15.0 Å². The second-order valence-electron chi connectivity index (χ2n) is 11.1. The maximum absolute atomic E-state index is 14.5. The largest absolute Gasteiger partial charge is 0.492 e. The van der Waals surface area contributed by atoms with Crippen molar-refractivity contribution in [3.05, 3.63) is 82.3 Å². The molecule has 1 saturated carbocycles. The minimum Gasteiger partial charge on any atom is -0.492 e. The van der Waals surface area contributed by atoms with Crippen LogP contribution in [0.1, 0.15) is 57.9 Å². The third kappa shape index (κ3) is 8.70. The van der Waals surface area contributed by atoms with E-state index in [0.717, 1.165) is 41.3 Å². The number of benzene rings is 3. The Labute approximate surface area is 286 Å². The average molecular weight is 707 g/mol. The topological polar surface area (TPSA) is 96.0 Å². The quantitative estimate of drug-likeness (QED) is 0.174. The van der Waals surface area contributed by atoms with Gasteiger partial charge in [-0.05, 0) is 81.0 Å². The van der Waals surface area contributed by atoms with Gasteiger partial charge in [-0.3, -0.25) is 13.9 Å². The number of nitrogens with one attached hydrogen (secondary N) is 1. The van der Waals surface area contributed by atoms with Gasteiger partial charge in [0.05, 0.1) is 17.2 Å². The molecule has 1 atom stereocenters. The van der Waals surface area contributed by atoms with Gasteiger partial charge in [-0.25, -0.2) is 8.42 Å². The molecule has 1 unspecified atom stereocenters. The zero-order chi connectivity index (χ0) is 33.3. The van der Waals surface area contributed by atoms with E-state index in [1.54, 1.807) is 61.5 Å². The van der Waals surface area contributed by atoms with Gasteiger partial charge in [0.15, 0.2) is 0 Å². The molecular formula is C34H41Cl2N3O5S2. The van der Waals surface area contributed by atoms with Crippen molar-refractivity contribution in [3.63, 3.8) is 0 Å². The summed E-state index contributed by atoms with van der Waals surface area (Å²) in [5, 5.41) is 3.83. The Hall–Kier alpha value is -2.92. The van der Waals surface area contributed by atoms with Crippen molar-refractivity contribution in [2.75, 3.05) is 23.7 Å². The molecule has 4 rings (SSSR count). The maximum atomic E-state index is 14.5. The number of sulfonamides is 1. The van der Waals surface area contributed by atoms with E-state index in [1.807, 2.05) is 13.2 Å². The van der Waals surface area contributed by atoms with Crippen LogP contribution in [0.15, 0.2) is 76.5 Å². The molecule has 1 aliphatic rings. The first-order chi connectivity index (χ1) is 22.1. The summed E-state index contributed by atoms with van der Waals surface area (Å²) in [6, 6.07) is 17.4. The van der Waals surface area contributed by atoms with E-state index < -0.39 is 28.5 Å². The minimum absolute atomic E-state index is 0.0205. The number of carbonyl (C=O) groups excluding carboxylic acids is 2. The fourth-order valence-electron chi connectivity index (χ4n) is 5.65. The number of rotatable bonds is 14. The Morgan fingerprint density at radius 2 is 1.61 bits per heavy atom. The zero-order valence-electron chi connectivity index (χ0n) is 26.4. The monoisotopic (exact) mass is 705 g/mol. The van der Waals surface area contributed by atoms with Gasteiger partial charge in [0.25, 0.3) is 10.0 Å². The summed E-state index contributed by atoms with van der Waals surface area (Å²) in [6.07, 6.45) is 7.15. The lowest BCUT2D eigenvalue weighted by Gasteiger charge is -2.35. The molecule has 0 bridgehead atoms. The van der Waals surface area contributed by atoms with Crippen LogP contribution in [0.3, 0.4) is 0 Å². The molecule has 3 aromatic rings. The first-order valence-corrected chi connectivity index (χ1v) is 18.9. The summed E-state index contributed by atoms with van der Waals surface area (Å²) >= 11 is 14.6. The van der Waals surface area contributed by atoms with Crippen LogP contribution >= 0.6 is 35.0 Å². The normalized spacial score (nSPS) is 14.4. The summed E-state index contributed by atoms with van der Waals surface area (Å²) in [7, 11) is -4.27. The van der Waals surface area contributed by atoms with Crippen molar-refractivity contribution in [3.8, 4) is 5.75 Å². The van der Waals surface area contributed by atoms with E-state index in [-0.39, 0.29) is 35.7 Å². The number of hydrogen-bond acceptors (Lipinski definition) is 6. The highest BCUT2D eigenvalue weighted by Crippen LogP contribution is 2.34. The summed E-state index contributed by atoms with van der Waals surface area (Å²) in [5.74, 6) is -0.565. The number of hydrogen-bond donors (Lipinski definition) is 1. The maximum Gasteiger partial charge on any atom is 0.264 e. The van der Waals surface area contributed by atoms with Crippen molar-refractivity contribution >= 4 is 62.5 Å². The van der Waals surface area contributed by atoms with Crippen LogP contribution in [0.25, 0.3) is 0 Å². The van der Waals surface area contributed by atoms with Gasteiger partial charge >= 0.3 is 0 Å². The Bertz CT molecular complexity index is 1580. The molecule has 0 spiro atoms. The predicted octanol–water partition coefficient (Wildman–Crippen LogP) is 7.57. The van der Waals surface area contributed by atoms with Crippen molar-refractivity contribution in [1.82, 2.24) is 10.2 Å². The first-order valence-electron chi connectivity index (χ1n) is 15.5. The highest BCUT2D eigenvalue weighted by molar-refractivity contribution is 7.98. The highest BCUT2D eigenvalue weighted by Gasteiger charge is 2.36. The van der Waals surface area contributed by atoms with Gasteiger partial charge in [-0.2, -0.15) is 0 Å². The highest BCUT2D eigenvalue weighted by atomic mass is 35.5. The van der Waals surface area contributed by atoms with Crippen LogP contribution in [0.5, 0.6) is 5.75 Å². The fourth-order valence-corrected chi connectivity index (χ4v) is 8.00. The fraction of sp³-hybridized carbons (Fsp3) is 0.412. The minimum atomic E-state index is -4.27. The Morgan fingerprint density at radius 3 is 2.22 bits per heavy atom. The molecule has 0 radical (unpaired) electrons. The second kappa shape index (κ2) is 16.8. The first kappa shape index (κ1) is 35.9. The van der Waals surface area contributed by atoms with E-state index in [2.05, 4.69) is 5.32 Å². The molecule has 0 saturated heterocycles. The number of ether oxygens (including phenoxy) is 1. The molecule has 2 amide bonds. The summed E-state index contributed by atoms with van der Waals surface area (Å²) < 4.78 is 35.5. The second-order valence-corrected chi connectivity index (χ2v) is 14.6. The lowest BCUT2D eigenvalue weighted by atomic mass is 9.95. The summed E-state index contributed by atoms with van der Waals surface area (Å²) in [4.78, 5) is 30.6. The average Bonchev–Trinajstić information content (AvgIpc) is 3.05. The smallest absolute Gasteiger partial charge is 0.264 e. The van der Waals surface area contributed by atoms with Crippen molar-refractivity contribution < 1.29 is 22.7 Å². The third-order valence-corrected chi connectivity index (χ3v) is 11.3. The van der Waals surface area contributed by atoms with E-state index in [1.165, 1.54) is 28.8 Å². The number of carbonyl (C=O) groups is 2. The van der Waals surface area contributed by atoms with E-state index in [0.29, 0.717) is 27.8 Å². The van der Waals surface area contributed by atoms with Crippen LogP contribution in [0.4, 0.5) is 5.69 Å². The molecular weight excluding hydrogens is 665 g/mol. The van der Waals surface area contributed by atoms with E-state index in [9.17, 15) is 18.0 Å². The third-order valence-electron chi connectivity index (χ3n) is 8.09. The molecule has 12 heteroatoms. The molecule has 1 N–H and O–H groups in total. The molecule has 1 fully saturated rings. The van der Waals surface area contributed by atoms with Crippen molar-refractivity contribution in [2.24, 2.45) is 0 Å². The molecule has 0 aromatic heterocycles. The van der Waals surface area contributed by atoms with Crippen LogP contribution in [-0.2, 0) is 26.2 Å². The predicted molar refractivity (Wildman–Crippen MR) is 186 cm³/mol. The molecule has 3 aromatic carbocycles. The van der Waals surface area contributed by atoms with Gasteiger partial charge in [0.2, 0.25) is 11.8 Å². The van der Waals surface area contributed by atoms with Gasteiger partial charge in [-0.15, -0.1) is 11.8 Å². The number of nitrogens with zero attached hydrogens (tertiary/aromatic N) is 2. The standard InChI is InChI=1S/C34H41Cl2N3O5S2/c1-4-30(34(41)37-24-12-7-6-8-13-24)38(22-27-28(35)14-11-15-29(27)36)33(40)23-39(31-16-9-10-17-32(31)44-5-2)46(42,43)26-20-18-25(45-3)19-21-26/h9-11,14-21,24,30H,4-8,12-13,22-23H2,1-3H3,(H,37,41). The number of halogens is 2. The zero-order valence-corrected chi connectivity index (χ0v) is 29.5. The Balaban J connectivity index is 1.78. The van der Waals surface area contributed by atoms with Gasteiger partial charge in [-0.1, -0.05) is 67.6 Å². The molecule has 0 aliphatic heterocycles. The molecule has 46 heavy (non-hydrogen) atoms. The van der Waals surface area contributed by atoms with Gasteiger partial charge in [0, 0.05) is 33.1 Å². The van der Waals surface area contributed by atoms with Crippen molar-refractivity contribution in [1.29, 1.82) is 0 Å². The number of anilines is 1. The van der Waals surface area contributed by atoms with Crippen LogP contribution in [0, 0.1) is 0 Å². The van der Waals surface area contributed by atoms with Crippen LogP contribution < -0.4 is 14.4 Å². The van der Waals surface area contributed by atoms with Gasteiger partial charge in [0.1, 0.15) is 18.3 Å². The summed E-state index contributed by atoms with van der Waals surface area (Å²) in [6.45, 7) is 3.24. The van der Waals surface area contributed by atoms with Crippen molar-refractivity contribution in [2.45, 2.75) is 80.8 Å². The molecule has 0 heterocycles. The molecule has 248 valence electrons. The number of para-hydroxylation sites is 2. The van der Waals surface area contributed by atoms with Crippen LogP contribution in [0.2, 0.25) is 10.0 Å². The lowest BCUT2D eigenvalue weighted by Crippen LogP contribution is -2.54. The van der Waals surface area contributed by atoms with E-state index >= 15 is 0 Å². The lowest BCUT2D eigenvalue weighted by molar-refractivity contribution is -0.140. The Kier molecular flexibility index (Phi) is 13.1. The summed E-state index contributed by atoms with van der Waals surface area (Å²) in [5.41, 5.74) is 0.682. The SMILES string of the molecule is CCOc1ccccc1N(CC(=O)N(Cc1c(Cl)cccc1Cl)C(CC)C(=O)NC1CCCCC1)S(=O)(=O)c1ccc(SC)cc1.